The zero-order valence-corrected chi connectivity index (χ0v) is 16.2. The SMILES string of the molecule is CC(C)(C)CNC(=O)c1ccc(C(=O)N2CC(C(=O)O)c3ccccc32)cc1. The Morgan fingerprint density at radius 3 is 2.25 bits per heavy atom. The van der Waals surface area contributed by atoms with Crippen LogP contribution in [-0.4, -0.2) is 36.0 Å². The van der Waals surface area contributed by atoms with Crippen LogP contribution in [0.15, 0.2) is 48.5 Å². The second-order valence-electron chi connectivity index (χ2n) is 8.19. The molecule has 6 nitrogen and oxygen atoms in total. The number of benzene rings is 2. The summed E-state index contributed by atoms with van der Waals surface area (Å²) in [6.45, 7) is 6.75. The van der Waals surface area contributed by atoms with Crippen LogP contribution in [0.4, 0.5) is 5.69 Å². The van der Waals surface area contributed by atoms with Crippen molar-refractivity contribution in [1.29, 1.82) is 0 Å². The predicted octanol–water partition coefficient (Wildman–Crippen LogP) is 3.29. The molecule has 1 aliphatic rings. The van der Waals surface area contributed by atoms with Gasteiger partial charge >= 0.3 is 5.97 Å². The van der Waals surface area contributed by atoms with Crippen LogP contribution in [-0.2, 0) is 4.79 Å². The number of fused-ring (bicyclic) bond motifs is 1. The van der Waals surface area contributed by atoms with Gasteiger partial charge in [0.25, 0.3) is 11.8 Å². The summed E-state index contributed by atoms with van der Waals surface area (Å²) in [5.74, 6) is -2.15. The molecule has 28 heavy (non-hydrogen) atoms. The van der Waals surface area contributed by atoms with E-state index in [1.165, 1.54) is 4.90 Å². The van der Waals surface area contributed by atoms with E-state index in [1.54, 1.807) is 48.5 Å². The van der Waals surface area contributed by atoms with Crippen LogP contribution in [0, 0.1) is 5.41 Å². The van der Waals surface area contributed by atoms with E-state index >= 15 is 0 Å². The maximum absolute atomic E-state index is 12.9. The third-order valence-electron chi connectivity index (χ3n) is 4.68. The van der Waals surface area contributed by atoms with Crippen LogP contribution in [0.1, 0.15) is 53.0 Å². The van der Waals surface area contributed by atoms with Crippen molar-refractivity contribution in [2.24, 2.45) is 5.41 Å². The summed E-state index contributed by atoms with van der Waals surface area (Å²) in [5.41, 5.74) is 2.13. The molecule has 2 aromatic rings. The number of nitrogens with zero attached hydrogens (tertiary/aromatic N) is 1. The summed E-state index contributed by atoms with van der Waals surface area (Å²) in [5, 5.41) is 12.3. The number of carbonyl (C=O) groups excluding carboxylic acids is 2. The van der Waals surface area contributed by atoms with Crippen molar-refractivity contribution < 1.29 is 19.5 Å². The van der Waals surface area contributed by atoms with Crippen LogP contribution < -0.4 is 10.2 Å². The zero-order valence-electron chi connectivity index (χ0n) is 16.2. The van der Waals surface area contributed by atoms with Crippen molar-refractivity contribution in [3.8, 4) is 0 Å². The molecule has 0 aliphatic carbocycles. The molecule has 0 radical (unpaired) electrons. The fourth-order valence-corrected chi connectivity index (χ4v) is 3.18. The minimum atomic E-state index is -0.950. The van der Waals surface area contributed by atoms with E-state index in [0.29, 0.717) is 28.9 Å². The summed E-state index contributed by atoms with van der Waals surface area (Å²) in [6.07, 6.45) is 0. The van der Waals surface area contributed by atoms with Crippen LogP contribution in [0.2, 0.25) is 0 Å². The van der Waals surface area contributed by atoms with Crippen LogP contribution in [0.5, 0.6) is 0 Å². The first-order chi connectivity index (χ1) is 13.2. The van der Waals surface area contributed by atoms with Crippen molar-refractivity contribution in [2.75, 3.05) is 18.0 Å². The Labute approximate surface area is 164 Å². The monoisotopic (exact) mass is 380 g/mol. The van der Waals surface area contributed by atoms with Gasteiger partial charge in [0, 0.05) is 29.9 Å². The Morgan fingerprint density at radius 2 is 1.64 bits per heavy atom. The number of carboxylic acid groups (broad SMARTS) is 1. The molecule has 1 unspecified atom stereocenters. The summed E-state index contributed by atoms with van der Waals surface area (Å²) in [6, 6.07) is 13.5. The topological polar surface area (TPSA) is 86.7 Å². The van der Waals surface area contributed by atoms with E-state index < -0.39 is 11.9 Å². The first kappa shape index (κ1) is 19.6. The molecule has 0 fully saturated rings. The summed E-state index contributed by atoms with van der Waals surface area (Å²) < 4.78 is 0. The van der Waals surface area contributed by atoms with Gasteiger partial charge in [-0.15, -0.1) is 0 Å². The normalized spacial score (nSPS) is 15.8. The third-order valence-corrected chi connectivity index (χ3v) is 4.68. The van der Waals surface area contributed by atoms with E-state index in [9.17, 15) is 19.5 Å². The molecule has 0 aromatic heterocycles. The number of hydrogen-bond donors (Lipinski definition) is 2. The Balaban J connectivity index is 1.77. The highest BCUT2D eigenvalue weighted by Gasteiger charge is 2.36. The fraction of sp³-hybridized carbons (Fsp3) is 0.318. The molecule has 2 N–H and O–H groups in total. The first-order valence-corrected chi connectivity index (χ1v) is 9.19. The molecule has 0 saturated heterocycles. The van der Waals surface area contributed by atoms with Crippen molar-refractivity contribution in [3.63, 3.8) is 0 Å². The number of aliphatic carboxylic acids is 1. The number of hydrogen-bond acceptors (Lipinski definition) is 3. The lowest BCUT2D eigenvalue weighted by Gasteiger charge is -2.19. The van der Waals surface area contributed by atoms with Gasteiger partial charge in [0.15, 0.2) is 0 Å². The second kappa shape index (κ2) is 7.46. The quantitative estimate of drug-likeness (QED) is 0.852. The average molecular weight is 380 g/mol. The van der Waals surface area contributed by atoms with Crippen LogP contribution >= 0.6 is 0 Å². The van der Waals surface area contributed by atoms with E-state index in [2.05, 4.69) is 5.32 Å². The molecular weight excluding hydrogens is 356 g/mol. The van der Waals surface area contributed by atoms with Gasteiger partial charge in [0.05, 0.1) is 0 Å². The molecule has 146 valence electrons. The Hall–Kier alpha value is -3.15. The number of nitrogens with one attached hydrogen (secondary N) is 1. The predicted molar refractivity (Wildman–Crippen MR) is 107 cm³/mol. The van der Waals surface area contributed by atoms with Crippen molar-refractivity contribution in [2.45, 2.75) is 26.7 Å². The maximum Gasteiger partial charge on any atom is 0.312 e. The van der Waals surface area contributed by atoms with Crippen LogP contribution in [0.25, 0.3) is 0 Å². The van der Waals surface area contributed by atoms with Gasteiger partial charge in [-0.05, 0) is 41.3 Å². The number of anilines is 1. The van der Waals surface area contributed by atoms with E-state index in [0.717, 1.165) is 0 Å². The lowest BCUT2D eigenvalue weighted by atomic mass is 9.97. The van der Waals surface area contributed by atoms with E-state index in [4.69, 9.17) is 0 Å². The fourth-order valence-electron chi connectivity index (χ4n) is 3.18. The number of carbonyl (C=O) groups is 3. The Kier molecular flexibility index (Phi) is 5.23. The van der Waals surface area contributed by atoms with Gasteiger partial charge in [-0.3, -0.25) is 14.4 Å². The van der Waals surface area contributed by atoms with E-state index in [1.807, 2.05) is 20.8 Å². The summed E-state index contributed by atoms with van der Waals surface area (Å²) in [7, 11) is 0. The lowest BCUT2D eigenvalue weighted by Crippen LogP contribution is -2.32. The van der Waals surface area contributed by atoms with Gasteiger partial charge in [-0.1, -0.05) is 39.0 Å². The van der Waals surface area contributed by atoms with Gasteiger partial charge in [0.1, 0.15) is 5.92 Å². The smallest absolute Gasteiger partial charge is 0.312 e. The minimum Gasteiger partial charge on any atom is -0.481 e. The lowest BCUT2D eigenvalue weighted by molar-refractivity contribution is -0.138. The van der Waals surface area contributed by atoms with Crippen LogP contribution in [0.3, 0.4) is 0 Å². The Morgan fingerprint density at radius 1 is 1.04 bits per heavy atom. The third kappa shape index (κ3) is 4.06. The molecule has 2 amide bonds. The zero-order chi connectivity index (χ0) is 20.5. The van der Waals surface area contributed by atoms with Crippen molar-refractivity contribution >= 4 is 23.5 Å². The molecule has 1 heterocycles. The highest BCUT2D eigenvalue weighted by Crippen LogP contribution is 2.37. The van der Waals surface area contributed by atoms with Gasteiger partial charge in [-0.2, -0.15) is 0 Å². The molecule has 1 aliphatic heterocycles. The van der Waals surface area contributed by atoms with E-state index in [-0.39, 0.29) is 23.8 Å². The molecule has 0 spiro atoms. The van der Waals surface area contributed by atoms with Gasteiger partial charge in [-0.25, -0.2) is 0 Å². The molecule has 0 saturated carbocycles. The van der Waals surface area contributed by atoms with Gasteiger partial charge in [0.2, 0.25) is 0 Å². The highest BCUT2D eigenvalue weighted by molar-refractivity contribution is 6.09. The molecule has 6 heteroatoms. The molecular formula is C22H24N2O4. The molecule has 0 bridgehead atoms. The highest BCUT2D eigenvalue weighted by atomic mass is 16.4. The number of para-hydroxylation sites is 1. The number of carboxylic acids is 1. The number of rotatable bonds is 4. The second-order valence-corrected chi connectivity index (χ2v) is 8.19. The standard InChI is InChI=1S/C22H24N2O4/c1-22(2,3)13-23-19(25)14-8-10-15(11-9-14)20(26)24-12-17(21(27)28)16-6-4-5-7-18(16)24/h4-11,17H,12-13H2,1-3H3,(H,23,25)(H,27,28). The summed E-state index contributed by atoms with van der Waals surface area (Å²) >= 11 is 0. The maximum atomic E-state index is 12.9. The number of amides is 2. The molecule has 3 rings (SSSR count). The molecule has 2 aromatic carbocycles. The summed E-state index contributed by atoms with van der Waals surface area (Å²) in [4.78, 5) is 38.2. The Bertz CT molecular complexity index is 913. The average Bonchev–Trinajstić information content (AvgIpc) is 3.05. The molecule has 1 atom stereocenters. The van der Waals surface area contributed by atoms with Crippen molar-refractivity contribution in [1.82, 2.24) is 5.32 Å². The largest absolute Gasteiger partial charge is 0.481 e. The van der Waals surface area contributed by atoms with Gasteiger partial charge < -0.3 is 15.3 Å². The minimum absolute atomic E-state index is 0.0185. The van der Waals surface area contributed by atoms with Crippen molar-refractivity contribution in [3.05, 3.63) is 65.2 Å². The first-order valence-electron chi connectivity index (χ1n) is 9.19.